The number of rotatable bonds is 7. The third-order valence-corrected chi connectivity index (χ3v) is 7.09. The number of anilines is 1. The van der Waals surface area contributed by atoms with Gasteiger partial charge in [-0.05, 0) is 71.0 Å². The van der Waals surface area contributed by atoms with Gasteiger partial charge in [-0.15, -0.1) is 0 Å². The first-order chi connectivity index (χ1) is 18.7. The summed E-state index contributed by atoms with van der Waals surface area (Å²) in [4.78, 5) is 30.6. The predicted molar refractivity (Wildman–Crippen MR) is 154 cm³/mol. The third-order valence-electron chi connectivity index (χ3n) is 7.09. The molecule has 0 bridgehead atoms. The Hall–Kier alpha value is -2.94. The molecule has 0 spiro atoms. The van der Waals surface area contributed by atoms with Crippen LogP contribution in [0.25, 0.3) is 0 Å². The van der Waals surface area contributed by atoms with Crippen molar-refractivity contribution in [2.24, 2.45) is 5.92 Å². The molecule has 0 radical (unpaired) electrons. The highest BCUT2D eigenvalue weighted by Gasteiger charge is 2.30. The molecule has 2 N–H and O–H groups in total. The van der Waals surface area contributed by atoms with Crippen molar-refractivity contribution in [1.29, 1.82) is 0 Å². The van der Waals surface area contributed by atoms with E-state index < -0.39 is 6.04 Å². The van der Waals surface area contributed by atoms with Crippen molar-refractivity contribution in [3.63, 3.8) is 0 Å². The number of nitrogens with one attached hydrogen (secondary N) is 1. The Kier molecular flexibility index (Phi) is 11.8. The number of aliphatic hydroxyl groups is 1. The molecule has 0 aromatic heterocycles. The highest BCUT2D eigenvalue weighted by Crippen LogP contribution is 2.28. The highest BCUT2D eigenvalue weighted by molar-refractivity contribution is 6.00. The summed E-state index contributed by atoms with van der Waals surface area (Å²) in [6, 6.07) is 14.3. The first-order valence-corrected chi connectivity index (χ1v) is 14.0. The Bertz CT molecular complexity index is 1060. The van der Waals surface area contributed by atoms with Crippen LogP contribution in [0.1, 0.15) is 56.0 Å². The zero-order chi connectivity index (χ0) is 28.4. The molecule has 0 fully saturated rings. The molecular weight excluding hydrogens is 494 g/mol. The van der Waals surface area contributed by atoms with E-state index in [0.29, 0.717) is 30.2 Å². The lowest BCUT2D eigenvalue weighted by Crippen LogP contribution is -2.47. The Labute approximate surface area is 233 Å². The van der Waals surface area contributed by atoms with Crippen molar-refractivity contribution in [3.8, 4) is 5.75 Å². The second-order valence-corrected chi connectivity index (χ2v) is 11.0. The molecule has 0 saturated heterocycles. The van der Waals surface area contributed by atoms with Gasteiger partial charge >= 0.3 is 0 Å². The van der Waals surface area contributed by atoms with E-state index in [0.717, 1.165) is 31.4 Å². The van der Waals surface area contributed by atoms with Gasteiger partial charge in [0.15, 0.2) is 0 Å². The lowest BCUT2D eigenvalue weighted by Gasteiger charge is -2.35. The van der Waals surface area contributed by atoms with Crippen LogP contribution < -0.4 is 10.1 Å². The third kappa shape index (κ3) is 9.34. The minimum absolute atomic E-state index is 0.0327. The van der Waals surface area contributed by atoms with Crippen LogP contribution in [-0.2, 0) is 16.0 Å². The molecule has 8 nitrogen and oxygen atoms in total. The van der Waals surface area contributed by atoms with E-state index >= 15 is 0 Å². The van der Waals surface area contributed by atoms with Crippen LogP contribution in [0.5, 0.6) is 5.75 Å². The Morgan fingerprint density at radius 1 is 1.15 bits per heavy atom. The van der Waals surface area contributed by atoms with Crippen LogP contribution >= 0.6 is 0 Å². The monoisotopic (exact) mass is 539 g/mol. The van der Waals surface area contributed by atoms with Crippen molar-refractivity contribution in [3.05, 3.63) is 59.7 Å². The summed E-state index contributed by atoms with van der Waals surface area (Å²) in [5, 5.41) is 13.0. The Balaban J connectivity index is 1.93. The van der Waals surface area contributed by atoms with Crippen LogP contribution in [-0.4, -0.2) is 85.4 Å². The SMILES string of the molecule is C[C@H](CO)N1C[C@H](C)[C@H](CN(C)C)OCCCC[C@H](C)Oc2ccc(NC(=O)Cc3ccccc3)cc2C1=O. The number of fused-ring (bicyclic) bond motifs is 1. The topological polar surface area (TPSA) is 91.3 Å². The summed E-state index contributed by atoms with van der Waals surface area (Å²) in [6.07, 6.45) is 2.79. The molecule has 39 heavy (non-hydrogen) atoms. The van der Waals surface area contributed by atoms with Crippen molar-refractivity contribution in [2.45, 2.75) is 64.7 Å². The largest absolute Gasteiger partial charge is 0.490 e. The normalized spacial score (nSPS) is 22.0. The Morgan fingerprint density at radius 2 is 1.90 bits per heavy atom. The second kappa shape index (κ2) is 15.0. The quantitative estimate of drug-likeness (QED) is 0.548. The fourth-order valence-corrected chi connectivity index (χ4v) is 4.81. The summed E-state index contributed by atoms with van der Waals surface area (Å²) in [7, 11) is 4.03. The number of hydrogen-bond donors (Lipinski definition) is 2. The van der Waals surface area contributed by atoms with E-state index in [-0.39, 0.29) is 43.0 Å². The Morgan fingerprint density at radius 3 is 2.59 bits per heavy atom. The van der Waals surface area contributed by atoms with Gasteiger partial charge in [-0.25, -0.2) is 0 Å². The summed E-state index contributed by atoms with van der Waals surface area (Å²) >= 11 is 0. The average Bonchev–Trinajstić information content (AvgIpc) is 2.90. The molecule has 4 atom stereocenters. The molecular formula is C31H45N3O5. The smallest absolute Gasteiger partial charge is 0.258 e. The van der Waals surface area contributed by atoms with Crippen LogP contribution in [0.2, 0.25) is 0 Å². The van der Waals surface area contributed by atoms with Gasteiger partial charge in [-0.1, -0.05) is 37.3 Å². The maximum absolute atomic E-state index is 14.1. The number of aliphatic hydroxyl groups excluding tert-OH is 1. The number of carbonyl (C=O) groups is 2. The van der Waals surface area contributed by atoms with Gasteiger partial charge in [-0.2, -0.15) is 0 Å². The summed E-state index contributed by atoms with van der Waals surface area (Å²) in [5.74, 6) is 0.104. The molecule has 8 heteroatoms. The van der Waals surface area contributed by atoms with E-state index in [1.165, 1.54) is 0 Å². The molecule has 0 unspecified atom stereocenters. The number of carbonyl (C=O) groups excluding carboxylic acids is 2. The first-order valence-electron chi connectivity index (χ1n) is 14.0. The van der Waals surface area contributed by atoms with Gasteiger partial charge in [0.2, 0.25) is 5.91 Å². The van der Waals surface area contributed by atoms with Crippen molar-refractivity contribution >= 4 is 17.5 Å². The van der Waals surface area contributed by atoms with Crippen molar-refractivity contribution in [1.82, 2.24) is 9.80 Å². The number of ether oxygens (including phenoxy) is 2. The minimum atomic E-state index is -0.408. The summed E-state index contributed by atoms with van der Waals surface area (Å²) in [6.45, 7) is 7.57. The van der Waals surface area contributed by atoms with Gasteiger partial charge in [0.25, 0.3) is 5.91 Å². The van der Waals surface area contributed by atoms with E-state index in [2.05, 4.69) is 17.1 Å². The number of likely N-dealkylation sites (N-methyl/N-ethyl adjacent to an activating group) is 1. The fourth-order valence-electron chi connectivity index (χ4n) is 4.81. The van der Waals surface area contributed by atoms with Crippen LogP contribution in [0, 0.1) is 5.92 Å². The predicted octanol–water partition coefficient (Wildman–Crippen LogP) is 4.22. The van der Waals surface area contributed by atoms with E-state index in [1.807, 2.05) is 58.3 Å². The number of hydrogen-bond acceptors (Lipinski definition) is 6. The maximum atomic E-state index is 14.1. The number of amides is 2. The van der Waals surface area contributed by atoms with Crippen molar-refractivity contribution < 1.29 is 24.2 Å². The molecule has 2 amide bonds. The van der Waals surface area contributed by atoms with E-state index in [9.17, 15) is 14.7 Å². The molecule has 1 heterocycles. The lowest BCUT2D eigenvalue weighted by atomic mass is 10.0. The van der Waals surface area contributed by atoms with Gasteiger partial charge < -0.3 is 29.7 Å². The first kappa shape index (κ1) is 30.6. The van der Waals surface area contributed by atoms with Crippen molar-refractivity contribution in [2.75, 3.05) is 45.7 Å². The molecule has 2 aromatic carbocycles. The second-order valence-electron chi connectivity index (χ2n) is 11.0. The molecule has 2 aromatic rings. The van der Waals surface area contributed by atoms with E-state index in [4.69, 9.17) is 9.47 Å². The van der Waals surface area contributed by atoms with Crippen LogP contribution in [0.3, 0.4) is 0 Å². The average molecular weight is 540 g/mol. The molecule has 0 aliphatic carbocycles. The molecule has 1 aliphatic rings. The van der Waals surface area contributed by atoms with Gasteiger partial charge in [0.05, 0.1) is 36.8 Å². The summed E-state index contributed by atoms with van der Waals surface area (Å²) in [5.41, 5.74) is 1.81. The maximum Gasteiger partial charge on any atom is 0.258 e. The van der Waals surface area contributed by atoms with Crippen LogP contribution in [0.4, 0.5) is 5.69 Å². The molecule has 1 aliphatic heterocycles. The summed E-state index contributed by atoms with van der Waals surface area (Å²) < 4.78 is 12.6. The number of benzene rings is 2. The standard InChI is InChI=1S/C31H45N3O5/c1-22-19-34(23(2)21-35)31(37)27-18-26(32-30(36)17-25-12-7-6-8-13-25)14-15-28(27)39-24(3)11-9-10-16-38-29(22)20-33(4)5/h6-8,12-15,18,22-24,29,35H,9-11,16-17,19-21H2,1-5H3,(H,32,36)/t22-,23+,24-,29-/m0/s1. The lowest BCUT2D eigenvalue weighted by molar-refractivity contribution is -0.115. The van der Waals surface area contributed by atoms with E-state index in [1.54, 1.807) is 23.1 Å². The zero-order valence-corrected chi connectivity index (χ0v) is 24.1. The minimum Gasteiger partial charge on any atom is -0.490 e. The fraction of sp³-hybridized carbons (Fsp3) is 0.548. The zero-order valence-electron chi connectivity index (χ0n) is 24.1. The van der Waals surface area contributed by atoms with Gasteiger partial charge in [0, 0.05) is 31.3 Å². The molecule has 0 saturated carbocycles. The highest BCUT2D eigenvalue weighted by atomic mass is 16.5. The van der Waals surface area contributed by atoms with Crippen LogP contribution in [0.15, 0.2) is 48.5 Å². The van der Waals surface area contributed by atoms with Gasteiger partial charge in [-0.3, -0.25) is 9.59 Å². The molecule has 214 valence electrons. The molecule has 3 rings (SSSR count). The number of nitrogens with zero attached hydrogens (tertiary/aromatic N) is 2. The van der Waals surface area contributed by atoms with Gasteiger partial charge in [0.1, 0.15) is 5.75 Å².